The zero-order chi connectivity index (χ0) is 16.5. The quantitative estimate of drug-likeness (QED) is 0.869. The molecule has 0 bridgehead atoms. The van der Waals surface area contributed by atoms with Crippen molar-refractivity contribution in [2.75, 3.05) is 25.0 Å². The van der Waals surface area contributed by atoms with Gasteiger partial charge < -0.3 is 10.1 Å². The van der Waals surface area contributed by atoms with Crippen molar-refractivity contribution < 1.29 is 9.53 Å². The molecule has 0 radical (unpaired) electrons. The SMILES string of the molecule is Cn1cc(CN2C[C@@H]3[C@@H](C(=O)Nc4cnccn4)CO[C@@H]3C2)cn1. The van der Waals surface area contributed by atoms with Crippen molar-refractivity contribution in [1.82, 2.24) is 24.6 Å². The third-order valence-corrected chi connectivity index (χ3v) is 4.71. The van der Waals surface area contributed by atoms with E-state index in [4.69, 9.17) is 4.74 Å². The second-order valence-corrected chi connectivity index (χ2v) is 6.44. The number of aryl methyl sites for hydroxylation is 1. The van der Waals surface area contributed by atoms with Crippen molar-refractivity contribution in [3.8, 4) is 0 Å². The molecule has 2 aliphatic rings. The van der Waals surface area contributed by atoms with E-state index in [9.17, 15) is 4.79 Å². The minimum atomic E-state index is -0.143. The lowest BCUT2D eigenvalue weighted by Crippen LogP contribution is -2.32. The molecule has 2 saturated heterocycles. The molecule has 1 amide bonds. The normalized spacial score (nSPS) is 26.5. The van der Waals surface area contributed by atoms with Crippen LogP contribution in [0.15, 0.2) is 31.0 Å². The summed E-state index contributed by atoms with van der Waals surface area (Å²) in [5, 5.41) is 7.04. The van der Waals surface area contributed by atoms with Gasteiger partial charge >= 0.3 is 0 Å². The van der Waals surface area contributed by atoms with Crippen LogP contribution >= 0.6 is 0 Å². The van der Waals surface area contributed by atoms with Crippen LogP contribution in [0.25, 0.3) is 0 Å². The molecule has 4 rings (SSSR count). The maximum atomic E-state index is 12.5. The van der Waals surface area contributed by atoms with E-state index < -0.39 is 0 Å². The Morgan fingerprint density at radius 3 is 3.04 bits per heavy atom. The number of hydrogen-bond acceptors (Lipinski definition) is 6. The highest BCUT2D eigenvalue weighted by molar-refractivity contribution is 5.92. The first kappa shape index (κ1) is 15.2. The largest absolute Gasteiger partial charge is 0.376 e. The minimum Gasteiger partial charge on any atom is -0.376 e. The first-order valence-corrected chi connectivity index (χ1v) is 8.07. The standard InChI is InChI=1S/C16H20N6O2/c1-21-6-11(4-19-21)7-22-8-12-13(10-24-14(12)9-22)16(23)20-15-5-17-2-3-18-15/h2-6,12-14H,7-10H2,1H3,(H,18,20,23)/t12-,13+,14-/m1/s1. The maximum absolute atomic E-state index is 12.5. The zero-order valence-electron chi connectivity index (χ0n) is 13.5. The number of likely N-dealkylation sites (tertiary alicyclic amines) is 1. The summed E-state index contributed by atoms with van der Waals surface area (Å²) in [4.78, 5) is 22.9. The molecule has 2 fully saturated rings. The van der Waals surface area contributed by atoms with Crippen molar-refractivity contribution in [2.45, 2.75) is 12.6 Å². The van der Waals surface area contributed by atoms with Crippen LogP contribution in [-0.4, -0.2) is 56.4 Å². The van der Waals surface area contributed by atoms with Crippen molar-refractivity contribution in [3.05, 3.63) is 36.5 Å². The van der Waals surface area contributed by atoms with Crippen LogP contribution in [-0.2, 0) is 23.1 Å². The molecule has 0 aliphatic carbocycles. The number of nitrogens with zero attached hydrogens (tertiary/aromatic N) is 5. The highest BCUT2D eigenvalue weighted by atomic mass is 16.5. The van der Waals surface area contributed by atoms with E-state index in [2.05, 4.69) is 25.3 Å². The van der Waals surface area contributed by atoms with E-state index in [1.807, 2.05) is 19.4 Å². The molecule has 8 nitrogen and oxygen atoms in total. The molecule has 2 aromatic rings. The third kappa shape index (κ3) is 3.02. The lowest BCUT2D eigenvalue weighted by Gasteiger charge is -2.18. The molecule has 4 heterocycles. The van der Waals surface area contributed by atoms with Gasteiger partial charge in [-0.25, -0.2) is 4.98 Å². The van der Waals surface area contributed by atoms with Crippen LogP contribution in [0.1, 0.15) is 5.56 Å². The third-order valence-electron chi connectivity index (χ3n) is 4.71. The number of carbonyl (C=O) groups is 1. The van der Waals surface area contributed by atoms with Gasteiger partial charge in [0, 0.05) is 56.8 Å². The van der Waals surface area contributed by atoms with Gasteiger partial charge in [-0.2, -0.15) is 5.10 Å². The number of amides is 1. The summed E-state index contributed by atoms with van der Waals surface area (Å²) in [6.07, 6.45) is 8.72. The van der Waals surface area contributed by atoms with Crippen LogP contribution in [0.5, 0.6) is 0 Å². The Labute approximate surface area is 139 Å². The van der Waals surface area contributed by atoms with Crippen LogP contribution in [0.2, 0.25) is 0 Å². The highest BCUT2D eigenvalue weighted by Crippen LogP contribution is 2.34. The lowest BCUT2D eigenvalue weighted by molar-refractivity contribution is -0.120. The Balaban J connectivity index is 1.38. The summed E-state index contributed by atoms with van der Waals surface area (Å²) < 4.78 is 7.67. The second-order valence-electron chi connectivity index (χ2n) is 6.44. The Hall–Kier alpha value is -2.32. The average Bonchev–Trinajstić information content (AvgIpc) is 3.24. The average molecular weight is 328 g/mol. The molecule has 1 N–H and O–H groups in total. The molecule has 24 heavy (non-hydrogen) atoms. The number of carbonyl (C=O) groups excluding carboxylic acids is 1. The van der Waals surface area contributed by atoms with E-state index >= 15 is 0 Å². The van der Waals surface area contributed by atoms with Crippen molar-refractivity contribution in [3.63, 3.8) is 0 Å². The zero-order valence-corrected chi connectivity index (χ0v) is 13.5. The summed E-state index contributed by atoms with van der Waals surface area (Å²) in [6, 6.07) is 0. The Bertz CT molecular complexity index is 718. The molecule has 0 aromatic carbocycles. The van der Waals surface area contributed by atoms with Gasteiger partial charge in [0.1, 0.15) is 0 Å². The summed E-state index contributed by atoms with van der Waals surface area (Å²) in [7, 11) is 1.91. The number of anilines is 1. The van der Waals surface area contributed by atoms with Gasteiger partial charge in [-0.15, -0.1) is 0 Å². The molecule has 0 unspecified atom stereocenters. The first-order chi connectivity index (χ1) is 11.7. The number of fused-ring (bicyclic) bond motifs is 1. The highest BCUT2D eigenvalue weighted by Gasteiger charge is 2.46. The topological polar surface area (TPSA) is 85.2 Å². The fraction of sp³-hybridized carbons (Fsp3) is 0.500. The molecule has 3 atom stereocenters. The number of nitrogens with one attached hydrogen (secondary N) is 1. The predicted octanol–water partition coefficient (Wildman–Crippen LogP) is 0.296. The van der Waals surface area contributed by atoms with Crippen molar-refractivity contribution >= 4 is 11.7 Å². The Kier molecular flexibility index (Phi) is 3.99. The molecule has 2 aromatic heterocycles. The fourth-order valence-corrected chi connectivity index (χ4v) is 3.59. The first-order valence-electron chi connectivity index (χ1n) is 8.07. The number of hydrogen-bond donors (Lipinski definition) is 1. The van der Waals surface area contributed by atoms with Gasteiger partial charge in [0.05, 0.1) is 31.0 Å². The van der Waals surface area contributed by atoms with Gasteiger partial charge in [-0.1, -0.05) is 0 Å². The molecular formula is C16H20N6O2. The number of rotatable bonds is 4. The Morgan fingerprint density at radius 1 is 1.38 bits per heavy atom. The van der Waals surface area contributed by atoms with Gasteiger partial charge in [-0.3, -0.25) is 19.4 Å². The van der Waals surface area contributed by atoms with E-state index in [1.165, 1.54) is 5.56 Å². The lowest BCUT2D eigenvalue weighted by atomic mass is 9.92. The summed E-state index contributed by atoms with van der Waals surface area (Å²) in [5.41, 5.74) is 1.18. The molecule has 0 saturated carbocycles. The molecule has 2 aliphatic heterocycles. The van der Waals surface area contributed by atoms with Crippen molar-refractivity contribution in [1.29, 1.82) is 0 Å². The van der Waals surface area contributed by atoms with Crippen LogP contribution in [0.3, 0.4) is 0 Å². The molecular weight excluding hydrogens is 308 g/mol. The van der Waals surface area contributed by atoms with Gasteiger partial charge in [-0.05, 0) is 0 Å². The van der Waals surface area contributed by atoms with Crippen LogP contribution in [0.4, 0.5) is 5.82 Å². The van der Waals surface area contributed by atoms with Crippen LogP contribution < -0.4 is 5.32 Å². The van der Waals surface area contributed by atoms with Gasteiger partial charge in [0.25, 0.3) is 0 Å². The smallest absolute Gasteiger partial charge is 0.231 e. The van der Waals surface area contributed by atoms with Crippen molar-refractivity contribution in [2.24, 2.45) is 18.9 Å². The van der Waals surface area contributed by atoms with E-state index in [1.54, 1.807) is 23.3 Å². The second kappa shape index (κ2) is 6.29. The maximum Gasteiger partial charge on any atom is 0.231 e. The van der Waals surface area contributed by atoms with Gasteiger partial charge in [0.15, 0.2) is 5.82 Å². The molecule has 8 heteroatoms. The predicted molar refractivity (Wildman–Crippen MR) is 85.9 cm³/mol. The fourth-order valence-electron chi connectivity index (χ4n) is 3.59. The Morgan fingerprint density at radius 2 is 2.29 bits per heavy atom. The van der Waals surface area contributed by atoms with E-state index in [-0.39, 0.29) is 23.8 Å². The molecule has 126 valence electrons. The summed E-state index contributed by atoms with van der Waals surface area (Å²) in [6.45, 7) is 3.03. The number of ether oxygens (including phenoxy) is 1. The monoisotopic (exact) mass is 328 g/mol. The summed E-state index contributed by atoms with van der Waals surface area (Å²) in [5.74, 6) is 0.525. The van der Waals surface area contributed by atoms with Gasteiger partial charge in [0.2, 0.25) is 5.91 Å². The van der Waals surface area contributed by atoms with Crippen LogP contribution in [0, 0.1) is 11.8 Å². The minimum absolute atomic E-state index is 0.0359. The van der Waals surface area contributed by atoms with E-state index in [0.29, 0.717) is 12.4 Å². The molecule has 0 spiro atoms. The number of aromatic nitrogens is 4. The van der Waals surface area contributed by atoms with E-state index in [0.717, 1.165) is 19.6 Å². The summed E-state index contributed by atoms with van der Waals surface area (Å²) >= 11 is 0.